The molecule has 6 aromatic rings. The van der Waals surface area contributed by atoms with Gasteiger partial charge in [-0.1, -0.05) is 73.6 Å². The molecule has 0 aliphatic rings. The Hall–Kier alpha value is -7.29. The molecule has 83 heavy (non-hydrogen) atoms. The van der Waals surface area contributed by atoms with E-state index in [1.54, 1.807) is 29.2 Å². The zero-order valence-electron chi connectivity index (χ0n) is 50.3. The molecular weight excluding hydrogens is 1100 g/mol. The Morgan fingerprint density at radius 2 is 0.952 bits per heavy atom. The summed E-state index contributed by atoms with van der Waals surface area (Å²) in [6.45, 7) is 32.6. The number of nitrogens with one attached hydrogen (secondary N) is 1. The van der Waals surface area contributed by atoms with Gasteiger partial charge in [-0.3, -0.25) is 35.7 Å². The number of hydrogen-bond acceptors (Lipinski definition) is 16. The second-order valence-electron chi connectivity index (χ2n) is 22.4. The molecule has 23 heteroatoms. The molecule has 1 heterocycles. The third-order valence-corrected chi connectivity index (χ3v) is 23.3. The maximum Gasteiger partial charge on any atom is 0.412 e. The van der Waals surface area contributed by atoms with E-state index in [0.29, 0.717) is 37.8 Å². The molecule has 0 unspecified atom stereocenters. The van der Waals surface area contributed by atoms with Crippen molar-refractivity contribution in [2.45, 2.75) is 111 Å². The number of carbonyl (C=O) groups excluding carboxylic acids is 1. The first-order chi connectivity index (χ1) is 39.1. The maximum absolute atomic E-state index is 12.2. The van der Waals surface area contributed by atoms with Crippen LogP contribution in [0.1, 0.15) is 74.0 Å². The number of amides is 1. The number of ether oxygens (including phenoxy) is 1. The highest BCUT2D eigenvalue weighted by Gasteiger charge is 2.38. The lowest BCUT2D eigenvalue weighted by atomic mass is 10.2. The number of nitrogens with zero attached hydrogens (tertiary/aromatic N) is 6. The minimum absolute atomic E-state index is 0.0247. The van der Waals surface area contributed by atoms with Crippen LogP contribution in [0, 0.1) is 36.2 Å². The Balaban J connectivity index is 0.000000317. The van der Waals surface area contributed by atoms with Crippen molar-refractivity contribution in [3.05, 3.63) is 169 Å². The van der Waals surface area contributed by atoms with Gasteiger partial charge in [0.25, 0.3) is 17.1 Å². The number of aliphatic hydroxyl groups is 2. The molecular formula is C60H86FN7O13Si2. The summed E-state index contributed by atoms with van der Waals surface area (Å²) in [5.41, 5.74) is 4.39. The molecule has 0 bridgehead atoms. The number of hydrogen-bond donors (Lipinski definition) is 3. The van der Waals surface area contributed by atoms with E-state index in [1.807, 2.05) is 66.7 Å². The van der Waals surface area contributed by atoms with Crippen molar-refractivity contribution in [3.8, 4) is 0 Å². The highest BCUT2D eigenvalue weighted by atomic mass is 28.4. The van der Waals surface area contributed by atoms with Crippen molar-refractivity contribution in [1.82, 2.24) is 0 Å². The van der Waals surface area contributed by atoms with E-state index >= 15 is 0 Å². The number of halogens is 1. The lowest BCUT2D eigenvalue weighted by molar-refractivity contribution is -0.385. The number of non-ortho nitro benzene ring substituents is 3. The largest absolute Gasteiger partial charge is 0.457 e. The second-order valence-corrected chi connectivity index (χ2v) is 32.0. The van der Waals surface area contributed by atoms with Crippen molar-refractivity contribution in [1.29, 1.82) is 0 Å². The van der Waals surface area contributed by atoms with E-state index in [0.717, 1.165) is 91.3 Å². The van der Waals surface area contributed by atoms with Crippen LogP contribution in [-0.2, 0) is 20.2 Å². The number of aliphatic hydroxyl groups excluding tert-OH is 2. The first kappa shape index (κ1) is 70.0. The summed E-state index contributed by atoms with van der Waals surface area (Å²) in [7, 11) is -3.50. The predicted octanol–water partition coefficient (Wildman–Crippen LogP) is 14.4. The van der Waals surface area contributed by atoms with Gasteiger partial charge in [-0.2, -0.15) is 0 Å². The van der Waals surface area contributed by atoms with Crippen molar-refractivity contribution >= 4 is 73.5 Å². The van der Waals surface area contributed by atoms with Crippen molar-refractivity contribution in [2.75, 3.05) is 85.7 Å². The maximum atomic E-state index is 12.2. The molecule has 0 atom stereocenters. The number of para-hydroxylation sites is 1. The number of furan rings is 1. The third-order valence-electron chi connectivity index (χ3n) is 14.2. The minimum Gasteiger partial charge on any atom is -0.457 e. The van der Waals surface area contributed by atoms with Gasteiger partial charge < -0.3 is 42.9 Å². The third kappa shape index (κ3) is 23.8. The number of nitro groups is 3. The van der Waals surface area contributed by atoms with Crippen LogP contribution in [0.4, 0.5) is 49.0 Å². The molecule has 1 aromatic heterocycles. The van der Waals surface area contributed by atoms with Crippen LogP contribution in [0.5, 0.6) is 0 Å². The first-order valence-electron chi connectivity index (χ1n) is 27.7. The highest BCUT2D eigenvalue weighted by Crippen LogP contribution is 2.37. The van der Waals surface area contributed by atoms with Crippen LogP contribution in [0.3, 0.4) is 0 Å². The molecule has 1 amide bonds. The molecule has 0 aliphatic heterocycles. The molecule has 5 aromatic carbocycles. The molecule has 0 saturated heterocycles. The zero-order chi connectivity index (χ0) is 62.0. The van der Waals surface area contributed by atoms with E-state index in [4.69, 9.17) is 28.2 Å². The smallest absolute Gasteiger partial charge is 0.412 e. The number of carbonyl (C=O) groups is 1. The molecule has 454 valence electrons. The molecule has 3 N–H and O–H groups in total. The monoisotopic (exact) mass is 1190 g/mol. The van der Waals surface area contributed by atoms with Crippen LogP contribution < -0.4 is 20.0 Å². The van der Waals surface area contributed by atoms with Crippen LogP contribution >= 0.6 is 0 Å². The summed E-state index contributed by atoms with van der Waals surface area (Å²) >= 11 is 0. The molecule has 20 nitrogen and oxygen atoms in total. The fraction of sp³-hybridized carbons (Fsp3) is 0.450. The van der Waals surface area contributed by atoms with Gasteiger partial charge in [0, 0.05) is 104 Å². The van der Waals surface area contributed by atoms with Crippen LogP contribution in [0.15, 0.2) is 132 Å². The standard InChI is InChI=1S/C27H38N2O4Si.C17H30N2O3Si.C10H14N2O4.C6H4FNO2/c1-7-16-29(17-18-32-34(5,6)27(2,3)4)23-14-12-22(13-15-23)28-26(30)31-20-24-19-21-10-8-9-11-25(21)33-24;1-7-12-18(13-14-22-23(5,6)17(2,3)4)15-8-10-16(11-9-15)19(20)21;13-7-5-11(6-8-14)9-1-3-10(4-2-9)12(15)16;7-5-1-3-6(4-2-5)8(9)10/h8-15,19H,7,16-18,20H2,1-6H3,(H,28,30);8-11H,7,12-14H2,1-6H3;1-4,13-14H,5-8H2;1-4H. The summed E-state index contributed by atoms with van der Waals surface area (Å²) in [4.78, 5) is 48.4. The quantitative estimate of drug-likeness (QED) is 0.0274. The summed E-state index contributed by atoms with van der Waals surface area (Å²) in [6.07, 6.45) is 1.56. The zero-order valence-corrected chi connectivity index (χ0v) is 52.3. The summed E-state index contributed by atoms with van der Waals surface area (Å²) < 4.78 is 35.7. The number of benzene rings is 5. The second kappa shape index (κ2) is 33.7. The molecule has 6 rings (SSSR count). The SMILES string of the molecule is CCCN(CCO[Si](C)(C)C(C)(C)C)c1ccc(NC(=O)OCc2cc3ccccc3o2)cc1.CCCN(CCO[Si](C)(C)C(C)(C)C)c1ccc([N+](=O)[O-])cc1.O=[N+]([O-])c1ccc(F)cc1.O=[N+]([O-])c1ccc(N(CCO)CCO)cc1. The highest BCUT2D eigenvalue weighted by molar-refractivity contribution is 6.74. The van der Waals surface area contributed by atoms with Crippen molar-refractivity contribution in [3.63, 3.8) is 0 Å². The number of fused-ring (bicyclic) bond motifs is 1. The number of rotatable bonds is 25. The van der Waals surface area contributed by atoms with Gasteiger partial charge in [0.15, 0.2) is 23.2 Å². The average molecular weight is 1190 g/mol. The van der Waals surface area contributed by atoms with Crippen LogP contribution in [0.25, 0.3) is 11.0 Å². The molecule has 0 saturated carbocycles. The lowest BCUT2D eigenvalue weighted by Crippen LogP contribution is -2.43. The Labute approximate surface area is 489 Å². The van der Waals surface area contributed by atoms with Gasteiger partial charge in [-0.05, 0) is 122 Å². The van der Waals surface area contributed by atoms with E-state index in [9.17, 15) is 39.5 Å². The lowest BCUT2D eigenvalue weighted by Gasteiger charge is -2.37. The average Bonchev–Trinajstić information content (AvgIpc) is 4.02. The van der Waals surface area contributed by atoms with Gasteiger partial charge in [-0.15, -0.1) is 0 Å². The van der Waals surface area contributed by atoms with E-state index in [-0.39, 0.29) is 51.9 Å². The normalized spacial score (nSPS) is 11.4. The molecule has 0 aliphatic carbocycles. The molecule has 0 spiro atoms. The van der Waals surface area contributed by atoms with Gasteiger partial charge in [-0.25, -0.2) is 9.18 Å². The summed E-state index contributed by atoms with van der Waals surface area (Å²) in [5.74, 6) is 0.146. The van der Waals surface area contributed by atoms with Crippen molar-refractivity contribution in [2.24, 2.45) is 0 Å². The molecule has 0 fully saturated rings. The topological polar surface area (TPSA) is 250 Å². The van der Waals surface area contributed by atoms with Gasteiger partial charge in [0.2, 0.25) is 0 Å². The van der Waals surface area contributed by atoms with Gasteiger partial charge in [0.1, 0.15) is 17.2 Å². The Bertz CT molecular complexity index is 2860. The summed E-state index contributed by atoms with van der Waals surface area (Å²) in [6, 6.07) is 34.6. The Kier molecular flexibility index (Phi) is 28.4. The van der Waals surface area contributed by atoms with E-state index in [2.05, 4.69) is 96.7 Å². The van der Waals surface area contributed by atoms with Crippen molar-refractivity contribution < 1.29 is 52.2 Å². The van der Waals surface area contributed by atoms with Gasteiger partial charge in [0.05, 0.1) is 41.2 Å². The Morgan fingerprint density at radius 3 is 1.31 bits per heavy atom. The van der Waals surface area contributed by atoms with Gasteiger partial charge >= 0.3 is 6.09 Å². The molecule has 0 radical (unpaired) electrons. The van der Waals surface area contributed by atoms with Crippen LogP contribution in [0.2, 0.25) is 36.3 Å². The van der Waals surface area contributed by atoms with E-state index in [1.165, 1.54) is 12.1 Å². The minimum atomic E-state index is -1.76. The fourth-order valence-corrected chi connectivity index (χ4v) is 9.50. The van der Waals surface area contributed by atoms with E-state index < -0.39 is 38.4 Å². The number of anilines is 4. The fourth-order valence-electron chi connectivity index (χ4n) is 7.43. The van der Waals surface area contributed by atoms with Crippen LogP contribution in [-0.4, -0.2) is 113 Å². The Morgan fingerprint density at radius 1 is 0.578 bits per heavy atom. The number of nitro benzene ring substituents is 3. The predicted molar refractivity (Wildman–Crippen MR) is 333 cm³/mol. The first-order valence-corrected chi connectivity index (χ1v) is 33.5. The summed E-state index contributed by atoms with van der Waals surface area (Å²) in [5, 5.41) is 53.1.